The molecule has 20 heavy (non-hydrogen) atoms. The van der Waals surface area contributed by atoms with E-state index in [2.05, 4.69) is 30.3 Å². The molecule has 0 bridgehead atoms. The van der Waals surface area contributed by atoms with Crippen LogP contribution in [0.4, 0.5) is 0 Å². The van der Waals surface area contributed by atoms with E-state index in [4.69, 9.17) is 4.74 Å². The Morgan fingerprint density at radius 3 is 2.45 bits per heavy atom. The number of carbonyl (C=O) groups is 1. The van der Waals surface area contributed by atoms with Gasteiger partial charge in [0.1, 0.15) is 0 Å². The fourth-order valence-electron chi connectivity index (χ4n) is 1.97. The summed E-state index contributed by atoms with van der Waals surface area (Å²) in [6.45, 7) is 3.68. The lowest BCUT2D eigenvalue weighted by atomic mass is 10.1. The molecule has 0 atom stereocenters. The zero-order chi connectivity index (χ0) is 14.5. The van der Waals surface area contributed by atoms with Gasteiger partial charge in [-0.3, -0.25) is 0 Å². The van der Waals surface area contributed by atoms with Gasteiger partial charge >= 0.3 is 5.97 Å². The molecule has 0 saturated carbocycles. The summed E-state index contributed by atoms with van der Waals surface area (Å²) in [5.74, 6) is -0.286. The number of fused-ring (bicyclic) bond motifs is 1. The zero-order valence-corrected chi connectivity index (χ0v) is 12.0. The van der Waals surface area contributed by atoms with Gasteiger partial charge in [-0.2, -0.15) is 0 Å². The molecule has 0 amide bonds. The van der Waals surface area contributed by atoms with Crippen LogP contribution in [0.3, 0.4) is 0 Å². The lowest BCUT2D eigenvalue weighted by Crippen LogP contribution is -2.02. The minimum atomic E-state index is -0.286. The van der Waals surface area contributed by atoms with Crippen LogP contribution in [0.2, 0.25) is 0 Å². The van der Waals surface area contributed by atoms with Crippen molar-refractivity contribution in [3.8, 4) is 0 Å². The fourth-order valence-corrected chi connectivity index (χ4v) is 1.97. The second-order valence-corrected chi connectivity index (χ2v) is 4.74. The Labute approximate surface area is 119 Å². The van der Waals surface area contributed by atoms with Crippen molar-refractivity contribution < 1.29 is 9.53 Å². The predicted molar refractivity (Wildman–Crippen MR) is 83.4 cm³/mol. The normalized spacial score (nSPS) is 12.6. The van der Waals surface area contributed by atoms with Gasteiger partial charge in [0, 0.05) is 5.57 Å². The van der Waals surface area contributed by atoms with Crippen molar-refractivity contribution >= 4 is 22.8 Å². The number of benzene rings is 2. The van der Waals surface area contributed by atoms with E-state index < -0.39 is 0 Å². The highest BCUT2D eigenvalue weighted by atomic mass is 16.5. The van der Waals surface area contributed by atoms with Gasteiger partial charge in [-0.25, -0.2) is 4.79 Å². The Kier molecular flexibility index (Phi) is 4.36. The molecular weight excluding hydrogens is 248 g/mol. The van der Waals surface area contributed by atoms with E-state index in [-0.39, 0.29) is 5.97 Å². The number of methoxy groups -OCH3 is 1. The number of ether oxygens (including phenoxy) is 1. The third-order valence-electron chi connectivity index (χ3n) is 3.38. The van der Waals surface area contributed by atoms with Crippen molar-refractivity contribution in [3.63, 3.8) is 0 Å². The third-order valence-corrected chi connectivity index (χ3v) is 3.38. The van der Waals surface area contributed by atoms with Crippen molar-refractivity contribution in [1.29, 1.82) is 0 Å². The molecule has 102 valence electrons. The van der Waals surface area contributed by atoms with E-state index >= 15 is 0 Å². The Morgan fingerprint density at radius 1 is 1.05 bits per heavy atom. The summed E-state index contributed by atoms with van der Waals surface area (Å²) in [7, 11) is 1.40. The number of esters is 1. The quantitative estimate of drug-likeness (QED) is 0.468. The number of allylic oxidation sites excluding steroid dienone is 2. The first kappa shape index (κ1) is 14.1. The maximum absolute atomic E-state index is 11.4. The molecule has 0 spiro atoms. The molecule has 0 heterocycles. The highest BCUT2D eigenvalue weighted by Gasteiger charge is 2.05. The van der Waals surface area contributed by atoms with Crippen molar-refractivity contribution in [2.45, 2.75) is 13.8 Å². The van der Waals surface area contributed by atoms with Gasteiger partial charge in [0.05, 0.1) is 7.11 Å². The topological polar surface area (TPSA) is 26.3 Å². The molecule has 0 aliphatic rings. The smallest absolute Gasteiger partial charge is 0.333 e. The van der Waals surface area contributed by atoms with E-state index in [0.29, 0.717) is 5.57 Å². The van der Waals surface area contributed by atoms with Gasteiger partial charge in [-0.15, -0.1) is 0 Å². The standard InChI is InChI=1S/C18H18O2/c1-13(14(2)18(19)20-3)8-9-15-10-11-16-6-4-5-7-17(16)12-15/h4-12H,1-3H3/b9-8+,14-13-. The van der Waals surface area contributed by atoms with Crippen LogP contribution in [-0.4, -0.2) is 13.1 Å². The number of rotatable bonds is 3. The molecule has 0 unspecified atom stereocenters. The van der Waals surface area contributed by atoms with E-state index in [9.17, 15) is 4.79 Å². The molecule has 0 N–H and O–H groups in total. The van der Waals surface area contributed by atoms with Crippen LogP contribution >= 0.6 is 0 Å². The van der Waals surface area contributed by atoms with Crippen molar-refractivity contribution in [3.05, 3.63) is 65.3 Å². The van der Waals surface area contributed by atoms with Crippen molar-refractivity contribution in [2.75, 3.05) is 7.11 Å². The predicted octanol–water partition coefficient (Wildman–Crippen LogP) is 4.36. The number of hydrogen-bond acceptors (Lipinski definition) is 2. The van der Waals surface area contributed by atoms with Crippen LogP contribution in [-0.2, 0) is 9.53 Å². The highest BCUT2D eigenvalue weighted by molar-refractivity contribution is 5.89. The SMILES string of the molecule is COC(=O)/C(C)=C(C)\C=C\c1ccc2ccccc2c1. The first-order valence-electron chi connectivity index (χ1n) is 6.54. The monoisotopic (exact) mass is 266 g/mol. The summed E-state index contributed by atoms with van der Waals surface area (Å²) in [6.07, 6.45) is 3.95. The van der Waals surface area contributed by atoms with E-state index in [1.54, 1.807) is 6.92 Å². The Bertz CT molecular complexity index is 693. The lowest BCUT2D eigenvalue weighted by Gasteiger charge is -2.02. The summed E-state index contributed by atoms with van der Waals surface area (Å²) in [4.78, 5) is 11.4. The molecule has 0 saturated heterocycles. The molecule has 0 aliphatic carbocycles. The first-order valence-corrected chi connectivity index (χ1v) is 6.54. The molecule has 2 aromatic rings. The van der Waals surface area contributed by atoms with Gasteiger partial charge < -0.3 is 4.74 Å². The number of hydrogen-bond donors (Lipinski definition) is 0. The average molecular weight is 266 g/mol. The minimum Gasteiger partial charge on any atom is -0.466 e. The summed E-state index contributed by atoms with van der Waals surface area (Å²) in [5, 5.41) is 2.43. The van der Waals surface area contributed by atoms with Crippen LogP contribution in [0.15, 0.2) is 59.7 Å². The lowest BCUT2D eigenvalue weighted by molar-refractivity contribution is -0.136. The van der Waals surface area contributed by atoms with Crippen LogP contribution < -0.4 is 0 Å². The maximum atomic E-state index is 11.4. The van der Waals surface area contributed by atoms with Crippen molar-refractivity contribution in [1.82, 2.24) is 0 Å². The second-order valence-electron chi connectivity index (χ2n) is 4.74. The summed E-state index contributed by atoms with van der Waals surface area (Å²) >= 11 is 0. The molecule has 0 fully saturated rings. The largest absolute Gasteiger partial charge is 0.466 e. The minimum absolute atomic E-state index is 0.286. The molecule has 2 nitrogen and oxygen atoms in total. The van der Waals surface area contributed by atoms with Crippen LogP contribution in [0.25, 0.3) is 16.8 Å². The van der Waals surface area contributed by atoms with Gasteiger partial charge in [-0.1, -0.05) is 48.6 Å². The molecule has 0 aliphatic heterocycles. The Balaban J connectivity index is 2.27. The second kappa shape index (κ2) is 6.20. The summed E-state index contributed by atoms with van der Waals surface area (Å²) in [6, 6.07) is 14.5. The Morgan fingerprint density at radius 2 is 1.75 bits per heavy atom. The molecular formula is C18H18O2. The maximum Gasteiger partial charge on any atom is 0.333 e. The van der Waals surface area contributed by atoms with Crippen LogP contribution in [0, 0.1) is 0 Å². The molecule has 2 aromatic carbocycles. The van der Waals surface area contributed by atoms with Crippen molar-refractivity contribution in [2.24, 2.45) is 0 Å². The van der Waals surface area contributed by atoms with Gasteiger partial charge in [-0.05, 0) is 41.8 Å². The molecule has 0 radical (unpaired) electrons. The van der Waals surface area contributed by atoms with Gasteiger partial charge in [0.25, 0.3) is 0 Å². The molecule has 2 rings (SSSR count). The molecule has 2 heteroatoms. The van der Waals surface area contributed by atoms with E-state index in [1.165, 1.54) is 17.9 Å². The highest BCUT2D eigenvalue weighted by Crippen LogP contribution is 2.17. The zero-order valence-electron chi connectivity index (χ0n) is 12.0. The molecule has 0 aromatic heterocycles. The van der Waals surface area contributed by atoms with Crippen LogP contribution in [0.1, 0.15) is 19.4 Å². The first-order chi connectivity index (χ1) is 9.61. The fraction of sp³-hybridized carbons (Fsp3) is 0.167. The summed E-state index contributed by atoms with van der Waals surface area (Å²) < 4.78 is 4.71. The van der Waals surface area contributed by atoms with Gasteiger partial charge in [0.15, 0.2) is 0 Å². The number of carbonyl (C=O) groups excluding carboxylic acids is 1. The van der Waals surface area contributed by atoms with E-state index in [0.717, 1.165) is 11.1 Å². The third kappa shape index (κ3) is 3.15. The van der Waals surface area contributed by atoms with Gasteiger partial charge in [0.2, 0.25) is 0 Å². The average Bonchev–Trinajstić information content (AvgIpc) is 2.50. The summed E-state index contributed by atoms with van der Waals surface area (Å²) in [5.41, 5.74) is 2.65. The Hall–Kier alpha value is -2.35. The van der Waals surface area contributed by atoms with E-state index in [1.807, 2.05) is 31.2 Å². The van der Waals surface area contributed by atoms with Crippen LogP contribution in [0.5, 0.6) is 0 Å².